The molecule has 0 aromatic carbocycles. The third-order valence-electron chi connectivity index (χ3n) is 3.65. The predicted octanol–water partition coefficient (Wildman–Crippen LogP) is 3.91. The molecule has 1 atom stereocenters. The van der Waals surface area contributed by atoms with Gasteiger partial charge in [-0.15, -0.1) is 0 Å². The van der Waals surface area contributed by atoms with E-state index in [0.29, 0.717) is 6.04 Å². The zero-order chi connectivity index (χ0) is 14.0. The van der Waals surface area contributed by atoms with Crippen LogP contribution in [0.2, 0.25) is 0 Å². The molecule has 0 amide bonds. The third kappa shape index (κ3) is 8.10. The van der Waals surface area contributed by atoms with Crippen molar-refractivity contribution in [2.24, 2.45) is 5.92 Å². The topological polar surface area (TPSA) is 15.3 Å². The molecule has 18 heavy (non-hydrogen) atoms. The van der Waals surface area contributed by atoms with Crippen LogP contribution in [0.4, 0.5) is 0 Å². The van der Waals surface area contributed by atoms with E-state index in [9.17, 15) is 0 Å². The predicted molar refractivity (Wildman–Crippen MR) is 83.2 cm³/mol. The molecule has 0 spiro atoms. The van der Waals surface area contributed by atoms with Gasteiger partial charge in [-0.2, -0.15) is 0 Å². The van der Waals surface area contributed by atoms with Crippen LogP contribution in [-0.4, -0.2) is 36.6 Å². The van der Waals surface area contributed by atoms with E-state index >= 15 is 0 Å². The zero-order valence-corrected chi connectivity index (χ0v) is 13.6. The minimum absolute atomic E-state index is 0.647. The molecular formula is C16H36N2. The van der Waals surface area contributed by atoms with Crippen LogP contribution in [0.25, 0.3) is 0 Å². The summed E-state index contributed by atoms with van der Waals surface area (Å²) in [5.74, 6) is 0.768. The molecule has 2 heteroatoms. The monoisotopic (exact) mass is 256 g/mol. The highest BCUT2D eigenvalue weighted by Crippen LogP contribution is 2.12. The summed E-state index contributed by atoms with van der Waals surface area (Å²) in [7, 11) is 0. The molecule has 0 heterocycles. The summed E-state index contributed by atoms with van der Waals surface area (Å²) in [6.45, 7) is 17.5. The van der Waals surface area contributed by atoms with Gasteiger partial charge >= 0.3 is 0 Å². The molecule has 0 aliphatic heterocycles. The van der Waals surface area contributed by atoms with E-state index in [1.165, 1.54) is 38.8 Å². The van der Waals surface area contributed by atoms with E-state index < -0.39 is 0 Å². The molecule has 0 saturated heterocycles. The SMILES string of the molecule is CCCNC(C)CCN(CC(C)C)C(CC)CC. The summed E-state index contributed by atoms with van der Waals surface area (Å²) in [5, 5.41) is 3.59. The summed E-state index contributed by atoms with van der Waals surface area (Å²) in [4.78, 5) is 2.70. The number of hydrogen-bond donors (Lipinski definition) is 1. The number of hydrogen-bond acceptors (Lipinski definition) is 2. The van der Waals surface area contributed by atoms with E-state index in [2.05, 4.69) is 51.8 Å². The average Bonchev–Trinajstić information content (AvgIpc) is 2.34. The minimum atomic E-state index is 0.647. The van der Waals surface area contributed by atoms with Gasteiger partial charge in [-0.1, -0.05) is 34.6 Å². The van der Waals surface area contributed by atoms with Gasteiger partial charge in [-0.05, 0) is 51.6 Å². The molecule has 0 aliphatic carbocycles. The molecule has 0 saturated carbocycles. The van der Waals surface area contributed by atoms with Gasteiger partial charge in [0.2, 0.25) is 0 Å². The fourth-order valence-corrected chi connectivity index (χ4v) is 2.55. The van der Waals surface area contributed by atoms with Crippen LogP contribution in [0.15, 0.2) is 0 Å². The Morgan fingerprint density at radius 3 is 2.06 bits per heavy atom. The lowest BCUT2D eigenvalue weighted by Gasteiger charge is -2.32. The lowest BCUT2D eigenvalue weighted by molar-refractivity contribution is 0.159. The summed E-state index contributed by atoms with van der Waals surface area (Å²) in [6.07, 6.45) is 5.05. The minimum Gasteiger partial charge on any atom is -0.314 e. The highest BCUT2D eigenvalue weighted by molar-refractivity contribution is 4.73. The van der Waals surface area contributed by atoms with Crippen LogP contribution in [0, 0.1) is 5.92 Å². The normalized spacial score (nSPS) is 13.8. The van der Waals surface area contributed by atoms with Crippen molar-refractivity contribution in [1.82, 2.24) is 10.2 Å². The average molecular weight is 256 g/mol. The first-order valence-corrected chi connectivity index (χ1v) is 8.02. The van der Waals surface area contributed by atoms with E-state index in [1.54, 1.807) is 0 Å². The van der Waals surface area contributed by atoms with Crippen LogP contribution in [0.1, 0.15) is 67.2 Å². The van der Waals surface area contributed by atoms with Crippen molar-refractivity contribution < 1.29 is 0 Å². The van der Waals surface area contributed by atoms with Crippen LogP contribution in [-0.2, 0) is 0 Å². The lowest BCUT2D eigenvalue weighted by Crippen LogP contribution is -2.40. The number of nitrogens with one attached hydrogen (secondary N) is 1. The quantitative estimate of drug-likeness (QED) is 0.603. The van der Waals surface area contributed by atoms with Gasteiger partial charge in [-0.25, -0.2) is 0 Å². The van der Waals surface area contributed by atoms with Gasteiger partial charge in [0, 0.05) is 18.6 Å². The second-order valence-corrected chi connectivity index (χ2v) is 6.00. The van der Waals surface area contributed by atoms with Crippen molar-refractivity contribution in [2.75, 3.05) is 19.6 Å². The highest BCUT2D eigenvalue weighted by atomic mass is 15.2. The molecule has 0 fully saturated rings. The first kappa shape index (κ1) is 17.9. The fourth-order valence-electron chi connectivity index (χ4n) is 2.55. The van der Waals surface area contributed by atoms with Crippen molar-refractivity contribution in [3.05, 3.63) is 0 Å². The van der Waals surface area contributed by atoms with Crippen molar-refractivity contribution in [3.63, 3.8) is 0 Å². The number of rotatable bonds is 11. The van der Waals surface area contributed by atoms with Crippen molar-refractivity contribution in [2.45, 2.75) is 79.3 Å². The Labute approximate surface area is 116 Å². The Morgan fingerprint density at radius 2 is 1.61 bits per heavy atom. The van der Waals surface area contributed by atoms with Crippen molar-refractivity contribution in [1.29, 1.82) is 0 Å². The first-order valence-electron chi connectivity index (χ1n) is 8.02. The Balaban J connectivity index is 4.14. The fraction of sp³-hybridized carbons (Fsp3) is 1.00. The molecular weight excluding hydrogens is 220 g/mol. The Kier molecular flexibility index (Phi) is 10.8. The van der Waals surface area contributed by atoms with E-state index in [-0.39, 0.29) is 0 Å². The molecule has 0 aromatic rings. The maximum absolute atomic E-state index is 3.59. The summed E-state index contributed by atoms with van der Waals surface area (Å²) < 4.78 is 0. The molecule has 0 radical (unpaired) electrons. The lowest BCUT2D eigenvalue weighted by atomic mass is 10.1. The van der Waals surface area contributed by atoms with Crippen LogP contribution < -0.4 is 5.32 Å². The Bertz CT molecular complexity index is 176. The summed E-state index contributed by atoms with van der Waals surface area (Å²) in [5.41, 5.74) is 0. The van der Waals surface area contributed by atoms with Gasteiger partial charge in [0.15, 0.2) is 0 Å². The largest absolute Gasteiger partial charge is 0.314 e. The maximum Gasteiger partial charge on any atom is 0.00901 e. The maximum atomic E-state index is 3.59. The van der Waals surface area contributed by atoms with Gasteiger partial charge in [0.1, 0.15) is 0 Å². The molecule has 0 rings (SSSR count). The van der Waals surface area contributed by atoms with E-state index in [0.717, 1.165) is 18.5 Å². The number of nitrogens with zero attached hydrogens (tertiary/aromatic N) is 1. The molecule has 1 unspecified atom stereocenters. The highest BCUT2D eigenvalue weighted by Gasteiger charge is 2.16. The summed E-state index contributed by atoms with van der Waals surface area (Å²) in [6, 6.07) is 1.42. The van der Waals surface area contributed by atoms with Gasteiger partial charge < -0.3 is 10.2 Å². The molecule has 0 bridgehead atoms. The van der Waals surface area contributed by atoms with E-state index in [4.69, 9.17) is 0 Å². The van der Waals surface area contributed by atoms with Gasteiger partial charge in [-0.3, -0.25) is 0 Å². The Morgan fingerprint density at radius 1 is 1.00 bits per heavy atom. The molecule has 1 N–H and O–H groups in total. The van der Waals surface area contributed by atoms with Crippen LogP contribution in [0.5, 0.6) is 0 Å². The molecule has 110 valence electrons. The molecule has 0 aliphatic rings. The van der Waals surface area contributed by atoms with Crippen LogP contribution in [0.3, 0.4) is 0 Å². The zero-order valence-electron chi connectivity index (χ0n) is 13.6. The second kappa shape index (κ2) is 10.8. The molecule has 2 nitrogen and oxygen atoms in total. The van der Waals surface area contributed by atoms with Gasteiger partial charge in [0.05, 0.1) is 0 Å². The first-order chi connectivity index (χ1) is 8.54. The van der Waals surface area contributed by atoms with Crippen molar-refractivity contribution in [3.8, 4) is 0 Å². The Hall–Kier alpha value is -0.0800. The third-order valence-corrected chi connectivity index (χ3v) is 3.65. The van der Waals surface area contributed by atoms with Crippen molar-refractivity contribution >= 4 is 0 Å². The second-order valence-electron chi connectivity index (χ2n) is 6.00. The molecule has 0 aromatic heterocycles. The smallest absolute Gasteiger partial charge is 0.00901 e. The van der Waals surface area contributed by atoms with Crippen LogP contribution >= 0.6 is 0 Å². The summed E-state index contributed by atoms with van der Waals surface area (Å²) >= 11 is 0. The van der Waals surface area contributed by atoms with E-state index in [1.807, 2.05) is 0 Å². The standard InChI is InChI=1S/C16H36N2/c1-7-11-17-15(6)10-12-18(13-14(4)5)16(8-2)9-3/h14-17H,7-13H2,1-6H3. The van der Waals surface area contributed by atoms with Gasteiger partial charge in [0.25, 0.3) is 0 Å².